The van der Waals surface area contributed by atoms with Crippen LogP contribution in [0.15, 0.2) is 12.1 Å². The normalized spacial score (nSPS) is 12.2. The Morgan fingerprint density at radius 3 is 2.31 bits per heavy atom. The molecule has 6 heteroatoms. The molecule has 0 spiro atoms. The summed E-state index contributed by atoms with van der Waals surface area (Å²) in [5, 5.41) is 7.30. The van der Waals surface area contributed by atoms with Crippen molar-refractivity contribution in [3.05, 3.63) is 22.8 Å². The third-order valence-electron chi connectivity index (χ3n) is 1.97. The van der Waals surface area contributed by atoms with Crippen molar-refractivity contribution in [3.63, 3.8) is 0 Å². The van der Waals surface area contributed by atoms with Gasteiger partial charge in [-0.1, -0.05) is 6.92 Å². The second-order valence-electron chi connectivity index (χ2n) is 3.37. The van der Waals surface area contributed by atoms with Gasteiger partial charge >= 0.3 is 0 Å². The van der Waals surface area contributed by atoms with Gasteiger partial charge in [0.25, 0.3) is 0 Å². The second kappa shape index (κ2) is 6.57. The smallest absolute Gasteiger partial charge is 0.146 e. The average Bonchev–Trinajstić information content (AvgIpc) is 2.15. The minimum absolute atomic E-state index is 0.0501. The number of amidine groups is 1. The van der Waals surface area contributed by atoms with E-state index in [4.69, 9.17) is 15.9 Å². The summed E-state index contributed by atoms with van der Waals surface area (Å²) in [5.41, 5.74) is 5.40. The molecule has 1 aromatic carbocycles. The van der Waals surface area contributed by atoms with E-state index in [1.165, 1.54) is 3.57 Å². The third kappa shape index (κ3) is 4.17. The number of benzene rings is 1. The lowest BCUT2D eigenvalue weighted by Gasteiger charge is -2.14. The molecule has 0 amide bonds. The molecular weight excluding hydrogens is 545 g/mol. The van der Waals surface area contributed by atoms with Crippen LogP contribution in [-0.4, -0.2) is 12.4 Å². The van der Waals surface area contributed by atoms with E-state index in [-0.39, 0.29) is 11.8 Å². The lowest BCUT2D eigenvalue weighted by molar-refractivity contribution is 0.288. The number of rotatable bonds is 4. The average molecular weight is 556 g/mol. The number of hydrogen-bond acceptors (Lipinski definition) is 2. The zero-order valence-corrected chi connectivity index (χ0v) is 15.0. The van der Waals surface area contributed by atoms with Crippen LogP contribution in [0.1, 0.15) is 6.92 Å². The molecule has 3 nitrogen and oxygen atoms in total. The highest BCUT2D eigenvalue weighted by Crippen LogP contribution is 2.29. The van der Waals surface area contributed by atoms with Crippen LogP contribution in [0.25, 0.3) is 0 Å². The Balaban J connectivity index is 2.78. The van der Waals surface area contributed by atoms with Crippen molar-refractivity contribution in [2.75, 3.05) is 6.61 Å². The first kappa shape index (κ1) is 14.7. The predicted molar refractivity (Wildman–Crippen MR) is 91.2 cm³/mol. The van der Waals surface area contributed by atoms with Gasteiger partial charge < -0.3 is 10.5 Å². The van der Waals surface area contributed by atoms with Crippen LogP contribution >= 0.6 is 67.8 Å². The summed E-state index contributed by atoms with van der Waals surface area (Å²) in [6, 6.07) is 4.13. The van der Waals surface area contributed by atoms with E-state index in [0.717, 1.165) is 12.9 Å². The molecule has 0 heterocycles. The second-order valence-corrected chi connectivity index (χ2v) is 6.94. The predicted octanol–water partition coefficient (Wildman–Crippen LogP) is 3.45. The van der Waals surface area contributed by atoms with Gasteiger partial charge in [0.1, 0.15) is 5.75 Å². The fraction of sp³-hybridized carbons (Fsp3) is 0.300. The van der Waals surface area contributed by atoms with Crippen molar-refractivity contribution in [1.29, 1.82) is 5.41 Å². The summed E-state index contributed by atoms with van der Waals surface area (Å²) in [6.07, 6.45) is 0. The van der Waals surface area contributed by atoms with E-state index in [0.29, 0.717) is 6.61 Å². The van der Waals surface area contributed by atoms with Crippen molar-refractivity contribution in [1.82, 2.24) is 0 Å². The largest absolute Gasteiger partial charge is 0.491 e. The van der Waals surface area contributed by atoms with Gasteiger partial charge in [-0.15, -0.1) is 0 Å². The van der Waals surface area contributed by atoms with Crippen LogP contribution in [0.5, 0.6) is 5.75 Å². The molecule has 1 atom stereocenters. The van der Waals surface area contributed by atoms with Crippen LogP contribution in [0, 0.1) is 22.0 Å². The van der Waals surface area contributed by atoms with E-state index in [9.17, 15) is 0 Å². The van der Waals surface area contributed by atoms with Crippen molar-refractivity contribution in [2.45, 2.75) is 6.92 Å². The topological polar surface area (TPSA) is 59.1 Å². The van der Waals surface area contributed by atoms with Gasteiger partial charge in [0.15, 0.2) is 0 Å². The van der Waals surface area contributed by atoms with Crippen molar-refractivity contribution < 1.29 is 4.74 Å². The van der Waals surface area contributed by atoms with E-state index >= 15 is 0 Å². The van der Waals surface area contributed by atoms with Crippen LogP contribution in [0.4, 0.5) is 0 Å². The van der Waals surface area contributed by atoms with Gasteiger partial charge in [-0.05, 0) is 79.9 Å². The van der Waals surface area contributed by atoms with Crippen LogP contribution in [-0.2, 0) is 0 Å². The highest BCUT2D eigenvalue weighted by atomic mass is 127. The molecule has 0 saturated heterocycles. The standard InChI is InChI=1S/C10H11I3N2O/c1-5(10(14)15)4-16-9-7(12)2-6(11)3-8(9)13/h2-3,5H,4H2,1H3,(H3,14,15). The van der Waals surface area contributed by atoms with Gasteiger partial charge in [-0.25, -0.2) is 0 Å². The molecule has 1 rings (SSSR count). The lowest BCUT2D eigenvalue weighted by Crippen LogP contribution is -2.25. The maximum absolute atomic E-state index is 7.30. The molecule has 3 N–H and O–H groups in total. The molecule has 0 aliphatic carbocycles. The molecule has 0 bridgehead atoms. The summed E-state index contributed by atoms with van der Waals surface area (Å²) < 4.78 is 9.07. The molecule has 0 saturated carbocycles. The van der Waals surface area contributed by atoms with Gasteiger partial charge in [0.2, 0.25) is 0 Å². The summed E-state index contributed by atoms with van der Waals surface area (Å²) >= 11 is 6.79. The monoisotopic (exact) mass is 556 g/mol. The van der Waals surface area contributed by atoms with Crippen LogP contribution in [0.2, 0.25) is 0 Å². The van der Waals surface area contributed by atoms with E-state index in [1.54, 1.807) is 0 Å². The molecule has 0 aromatic heterocycles. The first-order valence-electron chi connectivity index (χ1n) is 4.53. The molecular formula is C10H11I3N2O. The molecule has 1 unspecified atom stereocenters. The van der Waals surface area contributed by atoms with Gasteiger partial charge in [0.05, 0.1) is 19.6 Å². The molecule has 1 aromatic rings. The van der Waals surface area contributed by atoms with Crippen LogP contribution in [0.3, 0.4) is 0 Å². The summed E-state index contributed by atoms with van der Waals surface area (Å²) in [4.78, 5) is 0. The molecule has 0 aliphatic rings. The highest BCUT2D eigenvalue weighted by Gasteiger charge is 2.11. The number of ether oxygens (including phenoxy) is 1. The Bertz CT molecular complexity index is 386. The van der Waals surface area contributed by atoms with Crippen molar-refractivity contribution in [3.8, 4) is 5.75 Å². The maximum atomic E-state index is 7.30. The first-order chi connectivity index (χ1) is 7.41. The Morgan fingerprint density at radius 2 is 1.88 bits per heavy atom. The number of hydrogen-bond donors (Lipinski definition) is 2. The van der Waals surface area contributed by atoms with E-state index in [2.05, 4.69) is 79.9 Å². The van der Waals surface area contributed by atoms with Crippen molar-refractivity contribution >= 4 is 73.6 Å². The van der Waals surface area contributed by atoms with Gasteiger partial charge in [-0.2, -0.15) is 0 Å². The number of halogens is 3. The minimum Gasteiger partial charge on any atom is -0.491 e. The molecule has 0 aliphatic heterocycles. The number of nitrogens with two attached hydrogens (primary N) is 1. The Labute approximate surface area is 136 Å². The van der Waals surface area contributed by atoms with Crippen LogP contribution < -0.4 is 10.5 Å². The minimum atomic E-state index is -0.0501. The lowest BCUT2D eigenvalue weighted by atomic mass is 10.2. The first-order valence-corrected chi connectivity index (χ1v) is 7.76. The summed E-state index contributed by atoms with van der Waals surface area (Å²) in [7, 11) is 0. The molecule has 0 radical (unpaired) electrons. The van der Waals surface area contributed by atoms with Crippen molar-refractivity contribution in [2.24, 2.45) is 11.7 Å². The summed E-state index contributed by atoms with van der Waals surface area (Å²) in [6.45, 7) is 2.33. The maximum Gasteiger partial charge on any atom is 0.146 e. The molecule has 16 heavy (non-hydrogen) atoms. The Kier molecular flexibility index (Phi) is 6.05. The van der Waals surface area contributed by atoms with Gasteiger partial charge in [-0.3, -0.25) is 5.41 Å². The Morgan fingerprint density at radius 1 is 1.38 bits per heavy atom. The number of nitrogens with one attached hydrogen (secondary N) is 1. The highest BCUT2D eigenvalue weighted by molar-refractivity contribution is 14.1. The van der Waals surface area contributed by atoms with Gasteiger partial charge in [0, 0.05) is 9.49 Å². The zero-order valence-electron chi connectivity index (χ0n) is 8.56. The molecule has 0 fully saturated rings. The fourth-order valence-corrected chi connectivity index (χ4v) is 4.86. The van der Waals surface area contributed by atoms with E-state index < -0.39 is 0 Å². The summed E-state index contributed by atoms with van der Waals surface area (Å²) in [5.74, 6) is 0.996. The molecule has 88 valence electrons. The quantitative estimate of drug-likeness (QED) is 0.340. The zero-order chi connectivity index (χ0) is 12.3. The SMILES string of the molecule is CC(COc1c(I)cc(I)cc1I)C(=N)N. The fourth-order valence-electron chi connectivity index (χ4n) is 0.965. The third-order valence-corrected chi connectivity index (χ3v) is 4.20. The Hall–Kier alpha value is 0.680. The van der Waals surface area contributed by atoms with E-state index in [1.807, 2.05) is 6.92 Å².